The lowest BCUT2D eigenvalue weighted by molar-refractivity contribution is -0.120. The molecule has 146 valence electrons. The van der Waals surface area contributed by atoms with Crippen LogP contribution in [0.2, 0.25) is 0 Å². The van der Waals surface area contributed by atoms with Gasteiger partial charge in [-0.1, -0.05) is 26.0 Å². The lowest BCUT2D eigenvalue weighted by Gasteiger charge is -2.17. The summed E-state index contributed by atoms with van der Waals surface area (Å²) in [4.78, 5) is 16.3. The van der Waals surface area contributed by atoms with Gasteiger partial charge in [0.1, 0.15) is 5.75 Å². The normalized spacial score (nSPS) is 12.4. The van der Waals surface area contributed by atoms with Gasteiger partial charge < -0.3 is 20.7 Å². The van der Waals surface area contributed by atoms with Crippen LogP contribution in [-0.2, 0) is 11.3 Å². The van der Waals surface area contributed by atoms with Crippen molar-refractivity contribution in [2.24, 2.45) is 4.99 Å². The number of aryl methyl sites for hydroxylation is 1. The van der Waals surface area contributed by atoms with Crippen molar-refractivity contribution < 1.29 is 9.53 Å². The van der Waals surface area contributed by atoms with Crippen LogP contribution in [0.3, 0.4) is 0 Å². The summed E-state index contributed by atoms with van der Waals surface area (Å²) in [6.45, 7) is 12.4. The minimum absolute atomic E-state index is 0.0337. The Hall–Kier alpha value is -2.24. The highest BCUT2D eigenvalue weighted by molar-refractivity contribution is 5.86. The van der Waals surface area contributed by atoms with E-state index < -0.39 is 0 Å². The number of hydrogen-bond donors (Lipinski definition) is 3. The molecule has 1 atom stereocenters. The highest BCUT2D eigenvalue weighted by Crippen LogP contribution is 2.23. The van der Waals surface area contributed by atoms with Crippen LogP contribution in [-0.4, -0.2) is 37.6 Å². The number of carbonyl (C=O) groups is 1. The second-order valence-electron chi connectivity index (χ2n) is 6.35. The van der Waals surface area contributed by atoms with E-state index in [-0.39, 0.29) is 18.6 Å². The van der Waals surface area contributed by atoms with Crippen LogP contribution in [0.4, 0.5) is 0 Å². The monoisotopic (exact) mass is 362 g/mol. The molecule has 0 aliphatic rings. The highest BCUT2D eigenvalue weighted by Gasteiger charge is 2.09. The fourth-order valence-corrected chi connectivity index (χ4v) is 2.20. The van der Waals surface area contributed by atoms with E-state index in [1.54, 1.807) is 0 Å². The van der Waals surface area contributed by atoms with Crippen LogP contribution in [0.25, 0.3) is 0 Å². The number of hydrogen-bond acceptors (Lipinski definition) is 3. The predicted octanol–water partition coefficient (Wildman–Crippen LogP) is 2.75. The average molecular weight is 363 g/mol. The lowest BCUT2D eigenvalue weighted by Crippen LogP contribution is -2.43. The average Bonchev–Trinajstić information content (AvgIpc) is 2.63. The van der Waals surface area contributed by atoms with Gasteiger partial charge >= 0.3 is 0 Å². The van der Waals surface area contributed by atoms with Crippen molar-refractivity contribution in [3.8, 4) is 5.75 Å². The van der Waals surface area contributed by atoms with E-state index in [0.717, 1.165) is 36.3 Å². The van der Waals surface area contributed by atoms with E-state index >= 15 is 0 Å². The zero-order valence-corrected chi connectivity index (χ0v) is 16.8. The van der Waals surface area contributed by atoms with Crippen molar-refractivity contribution in [2.45, 2.75) is 60.1 Å². The van der Waals surface area contributed by atoms with Crippen LogP contribution >= 0.6 is 0 Å². The first-order valence-electron chi connectivity index (χ1n) is 9.55. The van der Waals surface area contributed by atoms with Gasteiger partial charge in [0.2, 0.25) is 5.91 Å². The molecule has 0 fully saturated rings. The molecule has 0 spiro atoms. The highest BCUT2D eigenvalue weighted by atomic mass is 16.5. The topological polar surface area (TPSA) is 74.8 Å². The Morgan fingerprint density at radius 1 is 1.19 bits per heavy atom. The van der Waals surface area contributed by atoms with Crippen LogP contribution in [0.5, 0.6) is 5.75 Å². The molecule has 1 rings (SSSR count). The smallest absolute Gasteiger partial charge is 0.239 e. The van der Waals surface area contributed by atoms with Gasteiger partial charge in [-0.3, -0.25) is 4.79 Å². The Bertz CT molecular complexity index is 587. The molecule has 0 aliphatic carbocycles. The molecule has 0 aromatic heterocycles. The molecule has 0 aliphatic heterocycles. The number of guanidine groups is 1. The molecule has 1 amide bonds. The number of ether oxygens (including phenoxy) is 1. The molecule has 0 radical (unpaired) electrons. The number of nitrogens with one attached hydrogen (secondary N) is 3. The molecule has 6 nitrogen and oxygen atoms in total. The molecule has 0 saturated carbocycles. The van der Waals surface area contributed by atoms with E-state index in [1.165, 1.54) is 0 Å². The van der Waals surface area contributed by atoms with Gasteiger partial charge in [-0.2, -0.15) is 0 Å². The van der Waals surface area contributed by atoms with E-state index in [9.17, 15) is 4.79 Å². The molecule has 1 unspecified atom stereocenters. The largest absolute Gasteiger partial charge is 0.490 e. The second-order valence-corrected chi connectivity index (χ2v) is 6.35. The molecular weight excluding hydrogens is 328 g/mol. The van der Waals surface area contributed by atoms with E-state index in [2.05, 4.69) is 53.8 Å². The van der Waals surface area contributed by atoms with Crippen molar-refractivity contribution in [3.05, 3.63) is 29.3 Å². The molecule has 0 bridgehead atoms. The van der Waals surface area contributed by atoms with Crippen molar-refractivity contribution in [2.75, 3.05) is 19.6 Å². The molecule has 0 saturated heterocycles. The summed E-state index contributed by atoms with van der Waals surface area (Å²) in [6.07, 6.45) is 2.04. The van der Waals surface area contributed by atoms with Crippen molar-refractivity contribution in [1.82, 2.24) is 16.0 Å². The standard InChI is InChI=1S/C20H34N4O2/c1-6-11-22-19(25)14-24-20(21-8-3)23-13-17-10-9-15(4)12-18(17)26-16(5)7-2/h9-10,12,16H,6-8,11,13-14H2,1-5H3,(H,22,25)(H2,21,23,24). The summed E-state index contributed by atoms with van der Waals surface area (Å²) in [7, 11) is 0. The molecule has 0 heterocycles. The minimum atomic E-state index is -0.0337. The Morgan fingerprint density at radius 3 is 2.62 bits per heavy atom. The van der Waals surface area contributed by atoms with Crippen molar-refractivity contribution in [3.63, 3.8) is 0 Å². The summed E-state index contributed by atoms with van der Waals surface area (Å²) >= 11 is 0. The molecule has 1 aromatic carbocycles. The fraction of sp³-hybridized carbons (Fsp3) is 0.600. The fourth-order valence-electron chi connectivity index (χ4n) is 2.20. The number of amides is 1. The Labute approximate surface area is 157 Å². The van der Waals surface area contributed by atoms with Gasteiger partial charge in [-0.25, -0.2) is 4.99 Å². The third kappa shape index (κ3) is 8.23. The first kappa shape index (κ1) is 21.8. The summed E-state index contributed by atoms with van der Waals surface area (Å²) < 4.78 is 6.04. The Balaban J connectivity index is 2.77. The van der Waals surface area contributed by atoms with Crippen LogP contribution in [0.15, 0.2) is 23.2 Å². The number of nitrogens with zero attached hydrogens (tertiary/aromatic N) is 1. The minimum Gasteiger partial charge on any atom is -0.490 e. The third-order valence-electron chi connectivity index (χ3n) is 3.87. The molecule has 26 heavy (non-hydrogen) atoms. The van der Waals surface area contributed by atoms with Crippen molar-refractivity contribution >= 4 is 11.9 Å². The maximum absolute atomic E-state index is 11.8. The zero-order chi connectivity index (χ0) is 19.4. The maximum Gasteiger partial charge on any atom is 0.239 e. The molecule has 1 aromatic rings. The van der Waals surface area contributed by atoms with Gasteiger partial charge in [0.25, 0.3) is 0 Å². The first-order chi connectivity index (χ1) is 12.5. The number of benzene rings is 1. The maximum atomic E-state index is 11.8. The number of carbonyl (C=O) groups excluding carboxylic acids is 1. The van der Waals surface area contributed by atoms with Gasteiger partial charge in [0, 0.05) is 18.7 Å². The zero-order valence-electron chi connectivity index (χ0n) is 16.8. The van der Waals surface area contributed by atoms with Gasteiger partial charge in [0.15, 0.2) is 5.96 Å². The summed E-state index contributed by atoms with van der Waals surface area (Å²) in [5.74, 6) is 1.46. The van der Waals surface area contributed by atoms with Crippen molar-refractivity contribution in [1.29, 1.82) is 0 Å². The quantitative estimate of drug-likeness (QED) is 0.442. The SMILES string of the molecule is CCCNC(=O)CNC(=NCc1ccc(C)cc1OC(C)CC)NCC. The van der Waals surface area contributed by atoms with E-state index in [4.69, 9.17) is 4.74 Å². The van der Waals surface area contributed by atoms with E-state index in [1.807, 2.05) is 19.9 Å². The number of aliphatic imine (C=N–C) groups is 1. The predicted molar refractivity (Wildman–Crippen MR) is 108 cm³/mol. The summed E-state index contributed by atoms with van der Waals surface area (Å²) in [5, 5.41) is 9.08. The Kier molecular flexibility index (Phi) is 10.2. The van der Waals surface area contributed by atoms with Crippen LogP contribution in [0, 0.1) is 6.92 Å². The van der Waals surface area contributed by atoms with Crippen LogP contribution in [0.1, 0.15) is 51.7 Å². The molecule has 3 N–H and O–H groups in total. The molecular formula is C20H34N4O2. The lowest BCUT2D eigenvalue weighted by atomic mass is 10.1. The number of rotatable bonds is 10. The third-order valence-corrected chi connectivity index (χ3v) is 3.87. The van der Waals surface area contributed by atoms with Gasteiger partial charge in [-0.15, -0.1) is 0 Å². The van der Waals surface area contributed by atoms with E-state index in [0.29, 0.717) is 19.0 Å². The Morgan fingerprint density at radius 2 is 1.96 bits per heavy atom. The first-order valence-corrected chi connectivity index (χ1v) is 9.55. The van der Waals surface area contributed by atoms with Gasteiger partial charge in [-0.05, 0) is 45.2 Å². The van der Waals surface area contributed by atoms with Crippen LogP contribution < -0.4 is 20.7 Å². The van der Waals surface area contributed by atoms with Gasteiger partial charge in [0.05, 0.1) is 19.2 Å². The second kappa shape index (κ2) is 12.2. The molecule has 6 heteroatoms. The summed E-state index contributed by atoms with van der Waals surface area (Å²) in [6, 6.07) is 6.16. The summed E-state index contributed by atoms with van der Waals surface area (Å²) in [5.41, 5.74) is 2.19.